The summed E-state index contributed by atoms with van der Waals surface area (Å²) in [5.74, 6) is 0. The number of allylic oxidation sites excluding steroid dienone is 1. The standard InChI is InChI=1S/C8H14O3/c1-2-8(3-5-9)4-6-11-7-10/h2,7,9H,3-6H2,1H3/b8-2+. The highest BCUT2D eigenvalue weighted by atomic mass is 16.5. The normalized spacial score (nSPS) is 11.3. The summed E-state index contributed by atoms with van der Waals surface area (Å²) in [6.45, 7) is 2.90. The molecule has 3 heteroatoms. The van der Waals surface area contributed by atoms with Gasteiger partial charge in [-0.3, -0.25) is 4.79 Å². The SMILES string of the molecule is C/C=C(\CCO)CCOC=O. The third-order valence-corrected chi connectivity index (χ3v) is 1.45. The lowest BCUT2D eigenvalue weighted by molar-refractivity contribution is -0.128. The largest absolute Gasteiger partial charge is 0.468 e. The smallest absolute Gasteiger partial charge is 0.293 e. The van der Waals surface area contributed by atoms with Gasteiger partial charge in [-0.05, 0) is 13.3 Å². The Morgan fingerprint density at radius 1 is 1.55 bits per heavy atom. The molecule has 0 aromatic heterocycles. The molecule has 0 aliphatic heterocycles. The first-order chi connectivity index (χ1) is 5.35. The van der Waals surface area contributed by atoms with Gasteiger partial charge in [-0.2, -0.15) is 0 Å². The molecule has 0 heterocycles. The maximum Gasteiger partial charge on any atom is 0.293 e. The molecule has 0 aromatic rings. The molecule has 0 radical (unpaired) electrons. The number of ether oxygens (including phenoxy) is 1. The van der Waals surface area contributed by atoms with E-state index in [1.54, 1.807) is 0 Å². The van der Waals surface area contributed by atoms with Crippen LogP contribution in [0.5, 0.6) is 0 Å². The predicted octanol–water partition coefficient (Wildman–Crippen LogP) is 0.878. The summed E-state index contributed by atoms with van der Waals surface area (Å²) in [5.41, 5.74) is 1.12. The molecular formula is C8H14O3. The lowest BCUT2D eigenvalue weighted by Crippen LogP contribution is -1.96. The summed E-state index contributed by atoms with van der Waals surface area (Å²) in [4.78, 5) is 9.74. The second-order valence-corrected chi connectivity index (χ2v) is 2.14. The van der Waals surface area contributed by atoms with Gasteiger partial charge < -0.3 is 9.84 Å². The van der Waals surface area contributed by atoms with Crippen LogP contribution in [-0.2, 0) is 9.53 Å². The van der Waals surface area contributed by atoms with Gasteiger partial charge in [0, 0.05) is 13.0 Å². The van der Waals surface area contributed by atoms with E-state index in [0.717, 1.165) is 12.0 Å². The molecule has 64 valence electrons. The van der Waals surface area contributed by atoms with E-state index in [1.807, 2.05) is 13.0 Å². The lowest BCUT2D eigenvalue weighted by atomic mass is 10.1. The first-order valence-electron chi connectivity index (χ1n) is 3.65. The Balaban J connectivity index is 3.44. The van der Waals surface area contributed by atoms with Crippen molar-refractivity contribution >= 4 is 6.47 Å². The van der Waals surface area contributed by atoms with Crippen molar-refractivity contribution in [2.24, 2.45) is 0 Å². The average Bonchev–Trinajstić information content (AvgIpc) is 2.03. The van der Waals surface area contributed by atoms with Gasteiger partial charge in [0.05, 0.1) is 6.61 Å². The second kappa shape index (κ2) is 7.28. The number of hydrogen-bond donors (Lipinski definition) is 1. The topological polar surface area (TPSA) is 46.5 Å². The highest BCUT2D eigenvalue weighted by molar-refractivity contribution is 5.36. The Bertz CT molecular complexity index is 129. The molecule has 0 unspecified atom stereocenters. The van der Waals surface area contributed by atoms with Crippen LogP contribution in [0.2, 0.25) is 0 Å². The van der Waals surface area contributed by atoms with Crippen molar-refractivity contribution < 1.29 is 14.6 Å². The fourth-order valence-electron chi connectivity index (χ4n) is 0.795. The molecule has 11 heavy (non-hydrogen) atoms. The molecule has 0 saturated carbocycles. The Morgan fingerprint density at radius 2 is 2.27 bits per heavy atom. The van der Waals surface area contributed by atoms with Crippen LogP contribution in [0.15, 0.2) is 11.6 Å². The van der Waals surface area contributed by atoms with Gasteiger partial charge in [-0.15, -0.1) is 0 Å². The van der Waals surface area contributed by atoms with Crippen molar-refractivity contribution in [3.63, 3.8) is 0 Å². The van der Waals surface area contributed by atoms with Gasteiger partial charge in [-0.25, -0.2) is 0 Å². The number of rotatable bonds is 6. The summed E-state index contributed by atoms with van der Waals surface area (Å²) >= 11 is 0. The van der Waals surface area contributed by atoms with E-state index in [-0.39, 0.29) is 6.61 Å². The van der Waals surface area contributed by atoms with Crippen LogP contribution in [0.3, 0.4) is 0 Å². The van der Waals surface area contributed by atoms with Crippen LogP contribution in [0.25, 0.3) is 0 Å². The summed E-state index contributed by atoms with van der Waals surface area (Å²) in [7, 11) is 0. The molecule has 0 aliphatic rings. The highest BCUT2D eigenvalue weighted by Crippen LogP contribution is 2.05. The maximum absolute atomic E-state index is 9.74. The van der Waals surface area contributed by atoms with Crippen molar-refractivity contribution in [3.8, 4) is 0 Å². The van der Waals surface area contributed by atoms with Crippen molar-refractivity contribution in [1.82, 2.24) is 0 Å². The van der Waals surface area contributed by atoms with Crippen molar-refractivity contribution in [3.05, 3.63) is 11.6 Å². The molecule has 0 bridgehead atoms. The number of hydrogen-bond acceptors (Lipinski definition) is 3. The van der Waals surface area contributed by atoms with Gasteiger partial charge >= 0.3 is 0 Å². The predicted molar refractivity (Wildman–Crippen MR) is 42.1 cm³/mol. The van der Waals surface area contributed by atoms with Crippen LogP contribution in [0, 0.1) is 0 Å². The summed E-state index contributed by atoms with van der Waals surface area (Å²) < 4.78 is 4.51. The van der Waals surface area contributed by atoms with Crippen LogP contribution in [0.1, 0.15) is 19.8 Å². The molecule has 0 amide bonds. The highest BCUT2D eigenvalue weighted by Gasteiger charge is 1.94. The van der Waals surface area contributed by atoms with Gasteiger partial charge in [0.2, 0.25) is 0 Å². The minimum Gasteiger partial charge on any atom is -0.468 e. The fraction of sp³-hybridized carbons (Fsp3) is 0.625. The zero-order chi connectivity index (χ0) is 8.53. The molecule has 0 aromatic carbocycles. The zero-order valence-corrected chi connectivity index (χ0v) is 6.75. The molecule has 0 aliphatic carbocycles. The van der Waals surface area contributed by atoms with Crippen molar-refractivity contribution in [2.45, 2.75) is 19.8 Å². The number of carbonyl (C=O) groups excluding carboxylic acids is 1. The molecule has 0 spiro atoms. The van der Waals surface area contributed by atoms with E-state index in [0.29, 0.717) is 19.5 Å². The van der Waals surface area contributed by atoms with E-state index >= 15 is 0 Å². The molecule has 0 saturated heterocycles. The summed E-state index contributed by atoms with van der Waals surface area (Å²) in [5, 5.41) is 8.57. The second-order valence-electron chi connectivity index (χ2n) is 2.14. The first-order valence-corrected chi connectivity index (χ1v) is 3.65. The van der Waals surface area contributed by atoms with E-state index in [9.17, 15) is 4.79 Å². The van der Waals surface area contributed by atoms with Crippen molar-refractivity contribution in [2.75, 3.05) is 13.2 Å². The molecule has 0 fully saturated rings. The van der Waals surface area contributed by atoms with Crippen LogP contribution in [0.4, 0.5) is 0 Å². The van der Waals surface area contributed by atoms with E-state index in [2.05, 4.69) is 4.74 Å². The van der Waals surface area contributed by atoms with Crippen LogP contribution >= 0.6 is 0 Å². The quantitative estimate of drug-likeness (QED) is 0.354. The van der Waals surface area contributed by atoms with Gasteiger partial charge in [0.15, 0.2) is 0 Å². The molecule has 0 atom stereocenters. The van der Waals surface area contributed by atoms with E-state index < -0.39 is 0 Å². The van der Waals surface area contributed by atoms with Gasteiger partial charge in [-0.1, -0.05) is 11.6 Å². The average molecular weight is 158 g/mol. The Morgan fingerprint density at radius 3 is 2.73 bits per heavy atom. The minimum absolute atomic E-state index is 0.154. The Labute approximate surface area is 66.7 Å². The molecular weight excluding hydrogens is 144 g/mol. The van der Waals surface area contributed by atoms with Crippen LogP contribution in [-0.4, -0.2) is 24.8 Å². The fourth-order valence-corrected chi connectivity index (χ4v) is 0.795. The first kappa shape index (κ1) is 10.2. The van der Waals surface area contributed by atoms with Crippen molar-refractivity contribution in [1.29, 1.82) is 0 Å². The Hall–Kier alpha value is -0.830. The number of carbonyl (C=O) groups is 1. The monoisotopic (exact) mass is 158 g/mol. The minimum atomic E-state index is 0.154. The number of aliphatic hydroxyl groups is 1. The van der Waals surface area contributed by atoms with E-state index in [4.69, 9.17) is 5.11 Å². The van der Waals surface area contributed by atoms with E-state index in [1.165, 1.54) is 0 Å². The maximum atomic E-state index is 9.74. The van der Waals surface area contributed by atoms with Crippen LogP contribution < -0.4 is 0 Å². The third kappa shape index (κ3) is 5.61. The summed E-state index contributed by atoms with van der Waals surface area (Å²) in [6.07, 6.45) is 3.32. The van der Waals surface area contributed by atoms with Gasteiger partial charge in [0.25, 0.3) is 6.47 Å². The lowest BCUT2D eigenvalue weighted by Gasteiger charge is -2.02. The molecule has 0 rings (SSSR count). The molecule has 1 N–H and O–H groups in total. The molecule has 3 nitrogen and oxygen atoms in total. The zero-order valence-electron chi connectivity index (χ0n) is 6.75. The summed E-state index contributed by atoms with van der Waals surface area (Å²) in [6, 6.07) is 0. The van der Waals surface area contributed by atoms with Gasteiger partial charge in [0.1, 0.15) is 0 Å². The Kier molecular flexibility index (Phi) is 6.73. The third-order valence-electron chi connectivity index (χ3n) is 1.45. The number of aliphatic hydroxyl groups excluding tert-OH is 1.